The van der Waals surface area contributed by atoms with E-state index in [4.69, 9.17) is 22.1 Å². The first kappa shape index (κ1) is 13.6. The summed E-state index contributed by atoms with van der Waals surface area (Å²) in [7, 11) is 0. The second kappa shape index (κ2) is 6.92. The smallest absolute Gasteiger partial charge is 0.232 e. The second-order valence-electron chi connectivity index (χ2n) is 3.96. The molecule has 0 saturated carbocycles. The monoisotopic (exact) mass is 274 g/mol. The third-order valence-electron chi connectivity index (χ3n) is 2.53. The average Bonchev–Trinajstić information content (AvgIpc) is 2.46. The standard InChI is InChI=1S/C15H15ClN2O/c16-14-9-13(10-17)11-18-15(14)19-8-4-7-12-5-2-1-3-6-12/h1-7,9,11H,8,10,17H2. The molecule has 19 heavy (non-hydrogen) atoms. The van der Waals surface area contributed by atoms with Crippen molar-refractivity contribution in [2.24, 2.45) is 5.73 Å². The predicted molar refractivity (Wildman–Crippen MR) is 78.1 cm³/mol. The maximum atomic E-state index is 6.04. The normalized spacial score (nSPS) is 10.8. The van der Waals surface area contributed by atoms with Gasteiger partial charge in [-0.05, 0) is 23.3 Å². The Hall–Kier alpha value is -1.84. The van der Waals surface area contributed by atoms with Gasteiger partial charge in [-0.25, -0.2) is 4.98 Å². The van der Waals surface area contributed by atoms with Gasteiger partial charge in [0, 0.05) is 12.7 Å². The van der Waals surface area contributed by atoms with Crippen molar-refractivity contribution < 1.29 is 4.74 Å². The average molecular weight is 275 g/mol. The zero-order chi connectivity index (χ0) is 13.5. The SMILES string of the molecule is NCc1cnc(OCC=Cc2ccccc2)c(Cl)c1. The zero-order valence-corrected chi connectivity index (χ0v) is 11.2. The zero-order valence-electron chi connectivity index (χ0n) is 10.4. The minimum absolute atomic E-state index is 0.418. The number of pyridine rings is 1. The van der Waals surface area contributed by atoms with Gasteiger partial charge in [0.2, 0.25) is 5.88 Å². The Labute approximate surface area is 117 Å². The lowest BCUT2D eigenvalue weighted by Crippen LogP contribution is -2.00. The number of halogens is 1. The predicted octanol–water partition coefficient (Wildman–Crippen LogP) is 3.29. The molecule has 0 aliphatic heterocycles. The summed E-state index contributed by atoms with van der Waals surface area (Å²) in [5.41, 5.74) is 7.52. The summed E-state index contributed by atoms with van der Waals surface area (Å²) in [4.78, 5) is 4.13. The Balaban J connectivity index is 1.91. The summed E-state index contributed by atoms with van der Waals surface area (Å²) < 4.78 is 5.49. The van der Waals surface area contributed by atoms with Crippen molar-refractivity contribution in [1.82, 2.24) is 4.98 Å². The summed E-state index contributed by atoms with van der Waals surface area (Å²) in [5.74, 6) is 0.427. The van der Waals surface area contributed by atoms with Gasteiger partial charge < -0.3 is 10.5 Å². The molecule has 1 aromatic carbocycles. The molecule has 0 amide bonds. The van der Waals surface area contributed by atoms with Crippen molar-refractivity contribution in [3.8, 4) is 5.88 Å². The molecule has 0 atom stereocenters. The molecule has 2 N–H and O–H groups in total. The largest absolute Gasteiger partial charge is 0.472 e. The maximum absolute atomic E-state index is 6.04. The number of hydrogen-bond acceptors (Lipinski definition) is 3. The summed E-state index contributed by atoms with van der Waals surface area (Å²) >= 11 is 6.04. The quantitative estimate of drug-likeness (QED) is 0.910. The highest BCUT2D eigenvalue weighted by Crippen LogP contribution is 2.22. The second-order valence-corrected chi connectivity index (χ2v) is 4.37. The van der Waals surface area contributed by atoms with Crippen molar-refractivity contribution in [3.63, 3.8) is 0 Å². The molecule has 4 heteroatoms. The van der Waals surface area contributed by atoms with Crippen LogP contribution in [-0.4, -0.2) is 11.6 Å². The first-order valence-corrected chi connectivity index (χ1v) is 6.36. The minimum Gasteiger partial charge on any atom is -0.472 e. The molecule has 0 bridgehead atoms. The van der Waals surface area contributed by atoms with E-state index in [9.17, 15) is 0 Å². The first-order chi connectivity index (χ1) is 9.29. The minimum atomic E-state index is 0.418. The fraction of sp³-hybridized carbons (Fsp3) is 0.133. The van der Waals surface area contributed by atoms with Crippen molar-refractivity contribution in [2.45, 2.75) is 6.54 Å². The van der Waals surface area contributed by atoms with Crippen molar-refractivity contribution >= 4 is 17.7 Å². The fourth-order valence-electron chi connectivity index (χ4n) is 1.56. The summed E-state index contributed by atoms with van der Waals surface area (Å²) in [6.07, 6.45) is 5.58. The lowest BCUT2D eigenvalue weighted by molar-refractivity contribution is 0.349. The molecule has 0 fully saturated rings. The third kappa shape index (κ3) is 4.09. The van der Waals surface area contributed by atoms with Crippen LogP contribution in [0, 0.1) is 0 Å². The van der Waals surface area contributed by atoms with Crippen LogP contribution in [0.5, 0.6) is 5.88 Å². The van der Waals surface area contributed by atoms with Crippen LogP contribution in [-0.2, 0) is 6.54 Å². The van der Waals surface area contributed by atoms with Gasteiger partial charge >= 0.3 is 0 Å². The molecule has 2 rings (SSSR count). The number of hydrogen-bond donors (Lipinski definition) is 1. The van der Waals surface area contributed by atoms with Gasteiger partial charge in [0.1, 0.15) is 11.6 Å². The number of ether oxygens (including phenoxy) is 1. The molecule has 3 nitrogen and oxygen atoms in total. The van der Waals surface area contributed by atoms with E-state index in [1.165, 1.54) is 0 Å². The summed E-state index contributed by atoms with van der Waals surface area (Å²) in [5, 5.41) is 0.482. The topological polar surface area (TPSA) is 48.1 Å². The lowest BCUT2D eigenvalue weighted by Gasteiger charge is -2.05. The molecule has 98 valence electrons. The van der Waals surface area contributed by atoms with Crippen LogP contribution in [0.25, 0.3) is 6.08 Å². The summed E-state index contributed by atoms with van der Waals surface area (Å²) in [6.45, 7) is 0.838. The lowest BCUT2D eigenvalue weighted by atomic mass is 10.2. The van der Waals surface area contributed by atoms with Gasteiger partial charge in [-0.3, -0.25) is 0 Å². The molecule has 0 spiro atoms. The van der Waals surface area contributed by atoms with Crippen LogP contribution in [0.4, 0.5) is 0 Å². The molecule has 0 radical (unpaired) electrons. The van der Waals surface area contributed by atoms with E-state index in [0.717, 1.165) is 11.1 Å². The fourth-order valence-corrected chi connectivity index (χ4v) is 1.80. The van der Waals surface area contributed by atoms with Crippen LogP contribution >= 0.6 is 11.6 Å². The highest BCUT2D eigenvalue weighted by Gasteiger charge is 2.03. The van der Waals surface area contributed by atoms with Gasteiger partial charge in [0.05, 0.1) is 0 Å². The number of nitrogens with two attached hydrogens (primary N) is 1. The van der Waals surface area contributed by atoms with Gasteiger partial charge in [0.25, 0.3) is 0 Å². The van der Waals surface area contributed by atoms with Gasteiger partial charge in [0.15, 0.2) is 0 Å². The van der Waals surface area contributed by atoms with Crippen molar-refractivity contribution in [3.05, 3.63) is 64.8 Å². The number of nitrogens with zero attached hydrogens (tertiary/aromatic N) is 1. The molecule has 0 aliphatic carbocycles. The molecular formula is C15H15ClN2O. The Morgan fingerprint density at radius 2 is 2.05 bits per heavy atom. The highest BCUT2D eigenvalue weighted by molar-refractivity contribution is 6.31. The highest BCUT2D eigenvalue weighted by atomic mass is 35.5. The molecule has 0 unspecified atom stereocenters. The van der Waals surface area contributed by atoms with Crippen molar-refractivity contribution in [2.75, 3.05) is 6.61 Å². The molecule has 0 aliphatic rings. The van der Waals surface area contributed by atoms with Crippen LogP contribution in [0.1, 0.15) is 11.1 Å². The van der Waals surface area contributed by atoms with Gasteiger partial charge in [-0.15, -0.1) is 0 Å². The number of benzene rings is 1. The Bertz CT molecular complexity index is 555. The van der Waals surface area contributed by atoms with E-state index in [0.29, 0.717) is 24.1 Å². The maximum Gasteiger partial charge on any atom is 0.232 e. The molecule has 2 aromatic rings. The van der Waals surface area contributed by atoms with E-state index >= 15 is 0 Å². The van der Waals surface area contributed by atoms with Crippen LogP contribution in [0.15, 0.2) is 48.7 Å². The van der Waals surface area contributed by atoms with E-state index in [2.05, 4.69) is 4.98 Å². The third-order valence-corrected chi connectivity index (χ3v) is 2.80. The molecule has 1 aromatic heterocycles. The van der Waals surface area contributed by atoms with Crippen molar-refractivity contribution in [1.29, 1.82) is 0 Å². The van der Waals surface area contributed by atoms with E-state index in [1.54, 1.807) is 12.3 Å². The number of aromatic nitrogens is 1. The van der Waals surface area contributed by atoms with Crippen LogP contribution < -0.4 is 10.5 Å². The number of rotatable bonds is 5. The van der Waals surface area contributed by atoms with Crippen LogP contribution in [0.3, 0.4) is 0 Å². The first-order valence-electron chi connectivity index (χ1n) is 5.98. The Kier molecular flexibility index (Phi) is 4.95. The summed E-state index contributed by atoms with van der Waals surface area (Å²) in [6, 6.07) is 11.8. The van der Waals surface area contributed by atoms with E-state index in [-0.39, 0.29) is 0 Å². The van der Waals surface area contributed by atoms with Gasteiger partial charge in [-0.1, -0.05) is 48.0 Å². The Morgan fingerprint density at radius 1 is 1.26 bits per heavy atom. The Morgan fingerprint density at radius 3 is 2.74 bits per heavy atom. The van der Waals surface area contributed by atoms with Gasteiger partial charge in [-0.2, -0.15) is 0 Å². The van der Waals surface area contributed by atoms with Crippen LogP contribution in [0.2, 0.25) is 5.02 Å². The molecular weight excluding hydrogens is 260 g/mol. The molecule has 0 saturated heterocycles. The van der Waals surface area contributed by atoms with E-state index in [1.807, 2.05) is 42.5 Å². The molecule has 1 heterocycles. The van der Waals surface area contributed by atoms with E-state index < -0.39 is 0 Å².